The monoisotopic (exact) mass is 139 g/mol. The van der Waals surface area contributed by atoms with Crippen LogP contribution in [0.3, 0.4) is 0 Å². The normalized spacial score (nSPS) is 33.7. The average Bonchev–Trinajstić information content (AvgIpc) is 1.88. The van der Waals surface area contributed by atoms with Crippen molar-refractivity contribution in [2.45, 2.75) is 33.2 Å². The summed E-state index contributed by atoms with van der Waals surface area (Å²) in [6.45, 7) is 7.80. The van der Waals surface area contributed by atoms with Crippen molar-refractivity contribution >= 4 is 0 Å². The fourth-order valence-electron chi connectivity index (χ4n) is 1.62. The van der Waals surface area contributed by atoms with Gasteiger partial charge in [0.25, 0.3) is 0 Å². The van der Waals surface area contributed by atoms with Crippen LogP contribution >= 0.6 is 0 Å². The molecule has 10 heavy (non-hydrogen) atoms. The Labute approximate surface area is 63.5 Å². The van der Waals surface area contributed by atoms with E-state index in [0.717, 1.165) is 12.5 Å². The number of hydrogen-bond acceptors (Lipinski definition) is 1. The van der Waals surface area contributed by atoms with Crippen molar-refractivity contribution in [3.8, 4) is 0 Å². The molecule has 1 aliphatic rings. The second-order valence-electron chi connectivity index (χ2n) is 3.27. The highest BCUT2D eigenvalue weighted by Gasteiger charge is 2.16. The van der Waals surface area contributed by atoms with Gasteiger partial charge in [-0.3, -0.25) is 0 Å². The quantitative estimate of drug-likeness (QED) is 0.547. The molecule has 2 atom stereocenters. The Hall–Kier alpha value is -0.300. The summed E-state index contributed by atoms with van der Waals surface area (Å²) in [6.07, 6.45) is 3.62. The molecule has 0 aliphatic carbocycles. The maximum atomic E-state index is 3.50. The van der Waals surface area contributed by atoms with Gasteiger partial charge in [0, 0.05) is 12.6 Å². The average molecular weight is 139 g/mol. The van der Waals surface area contributed by atoms with Gasteiger partial charge in [0.2, 0.25) is 0 Å². The van der Waals surface area contributed by atoms with Gasteiger partial charge in [-0.05, 0) is 19.3 Å². The summed E-state index contributed by atoms with van der Waals surface area (Å²) >= 11 is 0. The van der Waals surface area contributed by atoms with Crippen LogP contribution < -0.4 is 5.32 Å². The molecule has 0 bridgehead atoms. The molecule has 0 aromatic rings. The first-order valence-electron chi connectivity index (χ1n) is 4.14. The lowest BCUT2D eigenvalue weighted by atomic mass is 9.94. The number of rotatable bonds is 1. The zero-order chi connectivity index (χ0) is 7.56. The van der Waals surface area contributed by atoms with Gasteiger partial charge in [0.15, 0.2) is 0 Å². The second-order valence-corrected chi connectivity index (χ2v) is 3.27. The van der Waals surface area contributed by atoms with E-state index in [1.54, 1.807) is 0 Å². The zero-order valence-corrected chi connectivity index (χ0v) is 7.15. The lowest BCUT2D eigenvalue weighted by molar-refractivity contribution is 0.411. The van der Waals surface area contributed by atoms with Crippen LogP contribution in [-0.2, 0) is 0 Å². The van der Waals surface area contributed by atoms with E-state index >= 15 is 0 Å². The fraction of sp³-hybridized carbons (Fsp3) is 0.778. The van der Waals surface area contributed by atoms with E-state index in [0.29, 0.717) is 6.04 Å². The van der Waals surface area contributed by atoms with Gasteiger partial charge in [0.1, 0.15) is 0 Å². The van der Waals surface area contributed by atoms with Crippen LogP contribution in [0.2, 0.25) is 0 Å². The van der Waals surface area contributed by atoms with Crippen LogP contribution in [0.15, 0.2) is 11.6 Å². The largest absolute Gasteiger partial charge is 0.310 e. The topological polar surface area (TPSA) is 12.0 Å². The van der Waals surface area contributed by atoms with Gasteiger partial charge >= 0.3 is 0 Å². The molecule has 1 N–H and O–H groups in total. The molecule has 1 nitrogen and oxygen atoms in total. The van der Waals surface area contributed by atoms with Gasteiger partial charge in [-0.1, -0.05) is 25.5 Å². The molecule has 1 aliphatic heterocycles. The molecule has 1 heterocycles. The summed E-state index contributed by atoms with van der Waals surface area (Å²) < 4.78 is 0. The van der Waals surface area contributed by atoms with E-state index in [4.69, 9.17) is 0 Å². The third kappa shape index (κ3) is 1.60. The summed E-state index contributed by atoms with van der Waals surface area (Å²) in [4.78, 5) is 0. The highest BCUT2D eigenvalue weighted by molar-refractivity contribution is 5.09. The lowest BCUT2D eigenvalue weighted by Crippen LogP contribution is -2.38. The Balaban J connectivity index is 2.55. The zero-order valence-electron chi connectivity index (χ0n) is 7.15. The molecule has 0 saturated heterocycles. The molecule has 0 amide bonds. The maximum absolute atomic E-state index is 3.50. The Kier molecular flexibility index (Phi) is 2.50. The predicted molar refractivity (Wildman–Crippen MR) is 45.0 cm³/mol. The highest BCUT2D eigenvalue weighted by atomic mass is 14.9. The highest BCUT2D eigenvalue weighted by Crippen LogP contribution is 2.15. The first-order chi connectivity index (χ1) is 4.74. The fourth-order valence-corrected chi connectivity index (χ4v) is 1.62. The van der Waals surface area contributed by atoms with Gasteiger partial charge in [-0.2, -0.15) is 0 Å². The number of nitrogens with one attached hydrogen (secondary N) is 1. The van der Waals surface area contributed by atoms with Gasteiger partial charge in [0.05, 0.1) is 0 Å². The van der Waals surface area contributed by atoms with Gasteiger partial charge < -0.3 is 5.32 Å². The minimum absolute atomic E-state index is 0.712. The number of hydrogen-bond donors (Lipinski definition) is 1. The molecule has 0 radical (unpaired) electrons. The van der Waals surface area contributed by atoms with E-state index in [9.17, 15) is 0 Å². The minimum atomic E-state index is 0.712. The van der Waals surface area contributed by atoms with Crippen LogP contribution in [-0.4, -0.2) is 12.6 Å². The van der Waals surface area contributed by atoms with E-state index in [1.807, 2.05) is 0 Å². The van der Waals surface area contributed by atoms with Crippen molar-refractivity contribution in [3.63, 3.8) is 0 Å². The molecule has 2 unspecified atom stereocenters. The smallest absolute Gasteiger partial charge is 0.0164 e. The summed E-state index contributed by atoms with van der Waals surface area (Å²) in [5.41, 5.74) is 1.48. The van der Waals surface area contributed by atoms with Crippen LogP contribution in [0, 0.1) is 5.92 Å². The Morgan fingerprint density at radius 1 is 1.70 bits per heavy atom. The molecular weight excluding hydrogens is 122 g/mol. The van der Waals surface area contributed by atoms with Crippen molar-refractivity contribution < 1.29 is 0 Å². The van der Waals surface area contributed by atoms with E-state index in [2.05, 4.69) is 32.2 Å². The van der Waals surface area contributed by atoms with Gasteiger partial charge in [-0.15, -0.1) is 0 Å². The molecule has 0 fully saturated rings. The minimum Gasteiger partial charge on any atom is -0.310 e. The van der Waals surface area contributed by atoms with Crippen LogP contribution in [0.5, 0.6) is 0 Å². The molecule has 0 aromatic heterocycles. The Morgan fingerprint density at radius 2 is 2.40 bits per heavy atom. The van der Waals surface area contributed by atoms with Crippen molar-refractivity contribution in [2.75, 3.05) is 6.54 Å². The third-order valence-corrected chi connectivity index (χ3v) is 2.27. The van der Waals surface area contributed by atoms with Crippen molar-refractivity contribution in [1.29, 1.82) is 0 Å². The third-order valence-electron chi connectivity index (χ3n) is 2.27. The molecular formula is C9H17N. The molecule has 0 saturated carbocycles. The predicted octanol–water partition coefficient (Wildman–Crippen LogP) is 1.95. The molecule has 1 rings (SSSR count). The summed E-state index contributed by atoms with van der Waals surface area (Å²) in [6, 6.07) is 0.712. The SMILES string of the molecule is CCC1NCC(C)=CC1C. The van der Waals surface area contributed by atoms with Gasteiger partial charge in [-0.25, -0.2) is 0 Å². The summed E-state index contributed by atoms with van der Waals surface area (Å²) in [5.74, 6) is 0.721. The second kappa shape index (κ2) is 3.20. The van der Waals surface area contributed by atoms with Crippen LogP contribution in [0.4, 0.5) is 0 Å². The molecule has 0 spiro atoms. The maximum Gasteiger partial charge on any atom is 0.0164 e. The Morgan fingerprint density at radius 3 is 2.90 bits per heavy atom. The summed E-state index contributed by atoms with van der Waals surface area (Å²) in [5, 5.41) is 3.50. The Bertz CT molecular complexity index is 138. The van der Waals surface area contributed by atoms with Crippen molar-refractivity contribution in [2.24, 2.45) is 5.92 Å². The van der Waals surface area contributed by atoms with E-state index < -0.39 is 0 Å². The van der Waals surface area contributed by atoms with Crippen molar-refractivity contribution in [1.82, 2.24) is 5.32 Å². The van der Waals surface area contributed by atoms with Crippen LogP contribution in [0.1, 0.15) is 27.2 Å². The van der Waals surface area contributed by atoms with Crippen molar-refractivity contribution in [3.05, 3.63) is 11.6 Å². The lowest BCUT2D eigenvalue weighted by Gasteiger charge is -2.27. The first kappa shape index (κ1) is 7.80. The first-order valence-corrected chi connectivity index (χ1v) is 4.14. The van der Waals surface area contributed by atoms with Crippen LogP contribution in [0.25, 0.3) is 0 Å². The standard InChI is InChI=1S/C9H17N/c1-4-9-8(3)5-7(2)6-10-9/h5,8-10H,4,6H2,1-3H3. The van der Waals surface area contributed by atoms with E-state index in [-0.39, 0.29) is 0 Å². The molecule has 0 aromatic carbocycles. The van der Waals surface area contributed by atoms with E-state index in [1.165, 1.54) is 12.0 Å². The molecule has 1 heteroatoms. The molecule has 58 valence electrons. The summed E-state index contributed by atoms with van der Waals surface area (Å²) in [7, 11) is 0.